The van der Waals surface area contributed by atoms with Crippen molar-refractivity contribution in [2.24, 2.45) is 0 Å². The van der Waals surface area contributed by atoms with E-state index in [0.717, 1.165) is 0 Å². The Morgan fingerprint density at radius 1 is 1.36 bits per heavy atom. The number of halogens is 2. The first kappa shape index (κ1) is 9.93. The summed E-state index contributed by atoms with van der Waals surface area (Å²) in [4.78, 5) is 0. The molecule has 1 aliphatic rings. The number of hydrogen-bond acceptors (Lipinski definition) is 2. The van der Waals surface area contributed by atoms with E-state index in [1.807, 2.05) is 0 Å². The van der Waals surface area contributed by atoms with Gasteiger partial charge in [-0.3, -0.25) is 0 Å². The van der Waals surface area contributed by atoms with Crippen molar-refractivity contribution in [1.82, 2.24) is 0 Å². The Morgan fingerprint density at radius 3 is 2.50 bits per heavy atom. The molecule has 76 valence electrons. The maximum absolute atomic E-state index is 13.6. The molecule has 0 bridgehead atoms. The van der Waals surface area contributed by atoms with Crippen LogP contribution in [0.1, 0.15) is 11.1 Å². The van der Waals surface area contributed by atoms with Crippen LogP contribution in [-0.2, 0) is 5.60 Å². The van der Waals surface area contributed by atoms with Crippen LogP contribution >= 0.6 is 11.8 Å². The highest BCUT2D eigenvalue weighted by Crippen LogP contribution is 2.41. The van der Waals surface area contributed by atoms with E-state index in [4.69, 9.17) is 0 Å². The number of thioether (sulfide) groups is 1. The molecule has 1 aliphatic heterocycles. The average molecular weight is 216 g/mol. The monoisotopic (exact) mass is 216 g/mol. The molecule has 1 N–H and O–H groups in total. The van der Waals surface area contributed by atoms with Crippen LogP contribution in [0.5, 0.6) is 0 Å². The Kier molecular flexibility index (Phi) is 2.27. The van der Waals surface area contributed by atoms with E-state index < -0.39 is 17.2 Å². The Balaban J connectivity index is 2.56. The molecule has 1 saturated heterocycles. The van der Waals surface area contributed by atoms with Gasteiger partial charge in [-0.1, -0.05) is 6.07 Å². The van der Waals surface area contributed by atoms with Gasteiger partial charge in [-0.2, -0.15) is 11.8 Å². The van der Waals surface area contributed by atoms with E-state index in [9.17, 15) is 13.9 Å². The molecule has 0 atom stereocenters. The van der Waals surface area contributed by atoms with Crippen LogP contribution in [0.25, 0.3) is 0 Å². The molecule has 2 rings (SSSR count). The lowest BCUT2D eigenvalue weighted by Gasteiger charge is -2.36. The van der Waals surface area contributed by atoms with Gasteiger partial charge >= 0.3 is 0 Å². The molecule has 14 heavy (non-hydrogen) atoms. The topological polar surface area (TPSA) is 20.2 Å². The maximum Gasteiger partial charge on any atom is 0.135 e. The van der Waals surface area contributed by atoms with E-state index in [2.05, 4.69) is 0 Å². The highest BCUT2D eigenvalue weighted by atomic mass is 32.2. The number of aryl methyl sites for hydroxylation is 1. The van der Waals surface area contributed by atoms with Crippen LogP contribution in [0.4, 0.5) is 8.78 Å². The van der Waals surface area contributed by atoms with Gasteiger partial charge in [0.05, 0.1) is 5.56 Å². The van der Waals surface area contributed by atoms with Crippen LogP contribution in [0.2, 0.25) is 0 Å². The summed E-state index contributed by atoms with van der Waals surface area (Å²) in [6.45, 7) is 1.56. The lowest BCUT2D eigenvalue weighted by atomic mass is 9.94. The minimum atomic E-state index is -1.30. The first-order valence-corrected chi connectivity index (χ1v) is 5.45. The molecule has 0 aliphatic carbocycles. The summed E-state index contributed by atoms with van der Waals surface area (Å²) in [6, 6.07) is 2.58. The van der Waals surface area contributed by atoms with E-state index in [-0.39, 0.29) is 5.56 Å². The predicted octanol–water partition coefficient (Wildman–Crippen LogP) is 2.21. The summed E-state index contributed by atoms with van der Waals surface area (Å²) in [6.07, 6.45) is 0. The van der Waals surface area contributed by atoms with Crippen molar-refractivity contribution in [3.63, 3.8) is 0 Å². The van der Waals surface area contributed by atoms with Gasteiger partial charge in [0.1, 0.15) is 17.2 Å². The Hall–Kier alpha value is -0.610. The van der Waals surface area contributed by atoms with Gasteiger partial charge in [-0.25, -0.2) is 8.78 Å². The number of hydrogen-bond donors (Lipinski definition) is 1. The van der Waals surface area contributed by atoms with Crippen molar-refractivity contribution in [2.75, 3.05) is 11.5 Å². The minimum absolute atomic E-state index is 0.170. The Bertz CT molecular complexity index is 375. The molecule has 0 spiro atoms. The van der Waals surface area contributed by atoms with E-state index in [0.29, 0.717) is 17.1 Å². The van der Waals surface area contributed by atoms with Gasteiger partial charge in [-0.15, -0.1) is 0 Å². The highest BCUT2D eigenvalue weighted by Gasteiger charge is 2.41. The van der Waals surface area contributed by atoms with Gasteiger partial charge in [0, 0.05) is 11.5 Å². The van der Waals surface area contributed by atoms with Crippen molar-refractivity contribution >= 4 is 11.8 Å². The lowest BCUT2D eigenvalue weighted by molar-refractivity contribution is 0.0684. The fourth-order valence-corrected chi connectivity index (χ4v) is 2.40. The van der Waals surface area contributed by atoms with Crippen molar-refractivity contribution < 1.29 is 13.9 Å². The van der Waals surface area contributed by atoms with Crippen LogP contribution in [-0.4, -0.2) is 16.6 Å². The van der Waals surface area contributed by atoms with E-state index >= 15 is 0 Å². The average Bonchev–Trinajstić information content (AvgIpc) is 2.09. The normalized spacial score (nSPS) is 19.1. The summed E-state index contributed by atoms with van der Waals surface area (Å²) in [5.74, 6) is -0.544. The van der Waals surface area contributed by atoms with E-state index in [1.54, 1.807) is 6.92 Å². The molecule has 1 aromatic rings. The molecule has 0 amide bonds. The molecular formula is C10H10F2OS. The summed E-state index contributed by atoms with van der Waals surface area (Å²) < 4.78 is 26.9. The maximum atomic E-state index is 13.6. The standard InChI is InChI=1S/C10H10F2OS/c1-6-2-3-7(11)8(9(6)12)10(13)4-14-5-10/h2-3,13H,4-5H2,1H3. The molecule has 1 aromatic carbocycles. The lowest BCUT2D eigenvalue weighted by Crippen LogP contribution is -2.41. The summed E-state index contributed by atoms with van der Waals surface area (Å²) in [5, 5.41) is 9.87. The molecule has 0 unspecified atom stereocenters. The van der Waals surface area contributed by atoms with Gasteiger partial charge < -0.3 is 5.11 Å². The third kappa shape index (κ3) is 1.33. The zero-order valence-corrected chi connectivity index (χ0v) is 8.50. The summed E-state index contributed by atoms with van der Waals surface area (Å²) in [5.41, 5.74) is -1.10. The first-order valence-electron chi connectivity index (χ1n) is 4.30. The zero-order valence-electron chi connectivity index (χ0n) is 7.68. The minimum Gasteiger partial charge on any atom is -0.383 e. The largest absolute Gasteiger partial charge is 0.383 e. The molecule has 0 radical (unpaired) electrons. The fourth-order valence-electron chi connectivity index (χ4n) is 1.52. The first-order chi connectivity index (χ1) is 6.54. The summed E-state index contributed by atoms with van der Waals surface area (Å²) in [7, 11) is 0. The highest BCUT2D eigenvalue weighted by molar-refractivity contribution is 8.00. The molecule has 4 heteroatoms. The van der Waals surface area contributed by atoms with Gasteiger partial charge in [0.2, 0.25) is 0 Å². The molecule has 0 aromatic heterocycles. The van der Waals surface area contributed by atoms with Crippen LogP contribution in [0.3, 0.4) is 0 Å². The second-order valence-corrected chi connectivity index (χ2v) is 4.56. The number of benzene rings is 1. The summed E-state index contributed by atoms with van der Waals surface area (Å²) >= 11 is 1.48. The fraction of sp³-hybridized carbons (Fsp3) is 0.400. The van der Waals surface area contributed by atoms with Crippen LogP contribution in [0, 0.1) is 18.6 Å². The van der Waals surface area contributed by atoms with Crippen LogP contribution in [0.15, 0.2) is 12.1 Å². The third-order valence-corrected chi connectivity index (χ3v) is 3.79. The molecule has 1 fully saturated rings. The van der Waals surface area contributed by atoms with Gasteiger partial charge in [0.25, 0.3) is 0 Å². The van der Waals surface area contributed by atoms with Crippen LogP contribution < -0.4 is 0 Å². The van der Waals surface area contributed by atoms with Crippen molar-refractivity contribution in [3.8, 4) is 0 Å². The number of rotatable bonds is 1. The smallest absolute Gasteiger partial charge is 0.135 e. The van der Waals surface area contributed by atoms with E-state index in [1.165, 1.54) is 23.9 Å². The Morgan fingerprint density at radius 2 is 2.00 bits per heavy atom. The molecule has 1 nitrogen and oxygen atoms in total. The van der Waals surface area contributed by atoms with Gasteiger partial charge in [0.15, 0.2) is 0 Å². The van der Waals surface area contributed by atoms with Crippen molar-refractivity contribution in [2.45, 2.75) is 12.5 Å². The second-order valence-electron chi connectivity index (χ2n) is 3.58. The van der Waals surface area contributed by atoms with Gasteiger partial charge in [-0.05, 0) is 18.6 Å². The van der Waals surface area contributed by atoms with Crippen molar-refractivity contribution in [3.05, 3.63) is 34.9 Å². The predicted molar refractivity (Wildman–Crippen MR) is 52.3 cm³/mol. The SMILES string of the molecule is Cc1ccc(F)c(C2(O)CSC2)c1F. The second kappa shape index (κ2) is 3.21. The number of aliphatic hydroxyl groups is 1. The zero-order chi connectivity index (χ0) is 10.3. The van der Waals surface area contributed by atoms with Crippen molar-refractivity contribution in [1.29, 1.82) is 0 Å². The Labute approximate surface area is 85.1 Å². The molecular weight excluding hydrogens is 206 g/mol. The quantitative estimate of drug-likeness (QED) is 0.776. The molecule has 1 heterocycles. The molecule has 0 saturated carbocycles. The third-order valence-electron chi connectivity index (χ3n) is 2.43.